The summed E-state index contributed by atoms with van der Waals surface area (Å²) in [6, 6.07) is 0. The lowest BCUT2D eigenvalue weighted by molar-refractivity contribution is -0.183. The summed E-state index contributed by atoms with van der Waals surface area (Å²) in [5.74, 6) is -10.2. The monoisotopic (exact) mass is 172 g/mol. The minimum atomic E-state index is -4.87. The van der Waals surface area contributed by atoms with E-state index in [2.05, 4.69) is 0 Å². The van der Waals surface area contributed by atoms with E-state index in [1.54, 1.807) is 0 Å². The average molecular weight is 172 g/mol. The molecule has 0 aromatic heterocycles. The zero-order chi connectivity index (χ0) is 9.23. The number of hydrogen-bond acceptors (Lipinski definition) is 2. The van der Waals surface area contributed by atoms with Crippen LogP contribution in [-0.2, 0) is 9.59 Å². The number of aliphatic carboxylic acids is 2. The van der Waals surface area contributed by atoms with Crippen LogP contribution in [0.4, 0.5) is 13.2 Å². The molecule has 64 valence electrons. The zero-order valence-corrected chi connectivity index (χ0v) is 4.92. The summed E-state index contributed by atoms with van der Waals surface area (Å²) in [5.41, 5.74) is 0. The first-order chi connectivity index (χ1) is 4.80. The Labute approximate surface area is 58.2 Å². The van der Waals surface area contributed by atoms with Crippen molar-refractivity contribution in [3.8, 4) is 0 Å². The van der Waals surface area contributed by atoms with Gasteiger partial charge >= 0.3 is 17.9 Å². The van der Waals surface area contributed by atoms with Crippen LogP contribution in [0, 0.1) is 0 Å². The summed E-state index contributed by atoms with van der Waals surface area (Å²) in [4.78, 5) is 19.0. The van der Waals surface area contributed by atoms with Crippen molar-refractivity contribution in [2.45, 2.75) is 12.1 Å². The summed E-state index contributed by atoms with van der Waals surface area (Å²) in [5, 5.41) is 15.3. The molecule has 0 aliphatic heterocycles. The lowest BCUT2D eigenvalue weighted by atomic mass is 10.2. The second-order valence-corrected chi connectivity index (χ2v) is 1.63. The molecule has 11 heavy (non-hydrogen) atoms. The van der Waals surface area contributed by atoms with Gasteiger partial charge in [-0.3, -0.25) is 0 Å². The van der Waals surface area contributed by atoms with Crippen molar-refractivity contribution in [3.05, 3.63) is 0 Å². The minimum absolute atomic E-state index is 2.50. The molecule has 0 aromatic carbocycles. The number of carboxylic acids is 2. The molecule has 1 atom stereocenters. The Bertz CT molecular complexity index is 190. The normalized spacial score (nSPS) is 14.1. The number of halogens is 3. The van der Waals surface area contributed by atoms with E-state index in [1.807, 2.05) is 0 Å². The summed E-state index contributed by atoms with van der Waals surface area (Å²) in [6.45, 7) is 0. The maximum Gasteiger partial charge on any atom is 0.383 e. The molecule has 0 amide bonds. The van der Waals surface area contributed by atoms with Gasteiger partial charge in [-0.2, -0.15) is 8.78 Å². The molecular formula is C4H3F3O4. The van der Waals surface area contributed by atoms with Crippen LogP contribution in [0.5, 0.6) is 0 Å². The summed E-state index contributed by atoms with van der Waals surface area (Å²) in [6.07, 6.45) is -3.71. The van der Waals surface area contributed by atoms with Crippen molar-refractivity contribution in [2.24, 2.45) is 0 Å². The van der Waals surface area contributed by atoms with Gasteiger partial charge in [0.05, 0.1) is 0 Å². The molecule has 0 radical (unpaired) electrons. The SMILES string of the molecule is O=C(O)C(F)C(F)(F)C(=O)O. The number of carboxylic acid groups (broad SMARTS) is 2. The van der Waals surface area contributed by atoms with Gasteiger partial charge in [-0.05, 0) is 0 Å². The fourth-order valence-electron chi connectivity index (χ4n) is 0.263. The van der Waals surface area contributed by atoms with Crippen molar-refractivity contribution >= 4 is 11.9 Å². The van der Waals surface area contributed by atoms with Gasteiger partial charge in [0.15, 0.2) is 0 Å². The third-order valence-corrected chi connectivity index (χ3v) is 0.820. The molecule has 2 N–H and O–H groups in total. The van der Waals surface area contributed by atoms with Gasteiger partial charge in [-0.25, -0.2) is 14.0 Å². The standard InChI is InChI=1S/C4H3F3O4/c5-1(2(8)9)4(6,7)3(10)11/h1H,(H,8,9)(H,10,11). The lowest BCUT2D eigenvalue weighted by Gasteiger charge is -2.11. The first-order valence-electron chi connectivity index (χ1n) is 2.28. The van der Waals surface area contributed by atoms with Crippen LogP contribution in [-0.4, -0.2) is 34.2 Å². The molecule has 4 nitrogen and oxygen atoms in total. The molecule has 0 bridgehead atoms. The van der Waals surface area contributed by atoms with Crippen LogP contribution in [0.3, 0.4) is 0 Å². The smallest absolute Gasteiger partial charge is 0.383 e. The summed E-state index contributed by atoms with van der Waals surface area (Å²) >= 11 is 0. The van der Waals surface area contributed by atoms with Gasteiger partial charge < -0.3 is 10.2 Å². The van der Waals surface area contributed by atoms with E-state index in [0.29, 0.717) is 0 Å². The van der Waals surface area contributed by atoms with Crippen molar-refractivity contribution < 1.29 is 33.0 Å². The second kappa shape index (κ2) is 2.77. The first kappa shape index (κ1) is 9.73. The van der Waals surface area contributed by atoms with Gasteiger partial charge in [-0.15, -0.1) is 0 Å². The number of carbonyl (C=O) groups is 2. The Hall–Kier alpha value is -1.27. The molecule has 0 saturated heterocycles. The van der Waals surface area contributed by atoms with Crippen LogP contribution in [0.1, 0.15) is 0 Å². The highest BCUT2D eigenvalue weighted by atomic mass is 19.3. The molecule has 0 aromatic rings. The largest absolute Gasteiger partial charge is 0.479 e. The van der Waals surface area contributed by atoms with E-state index in [0.717, 1.165) is 0 Å². The zero-order valence-electron chi connectivity index (χ0n) is 4.92. The van der Waals surface area contributed by atoms with E-state index in [1.165, 1.54) is 0 Å². The fourth-order valence-corrected chi connectivity index (χ4v) is 0.263. The molecule has 1 unspecified atom stereocenters. The summed E-state index contributed by atoms with van der Waals surface area (Å²) in [7, 11) is 0. The second-order valence-electron chi connectivity index (χ2n) is 1.63. The molecule has 0 rings (SSSR count). The highest BCUT2D eigenvalue weighted by Crippen LogP contribution is 2.21. The van der Waals surface area contributed by atoms with E-state index in [9.17, 15) is 22.8 Å². The molecular weight excluding hydrogens is 169 g/mol. The van der Waals surface area contributed by atoms with Crippen molar-refractivity contribution in [2.75, 3.05) is 0 Å². The first-order valence-corrected chi connectivity index (χ1v) is 2.28. The van der Waals surface area contributed by atoms with Crippen molar-refractivity contribution in [1.82, 2.24) is 0 Å². The quantitative estimate of drug-likeness (QED) is 0.634. The fraction of sp³-hybridized carbons (Fsp3) is 0.500. The third-order valence-electron chi connectivity index (χ3n) is 0.820. The van der Waals surface area contributed by atoms with E-state index in [4.69, 9.17) is 10.2 Å². The predicted octanol–water partition coefficient (Wildman–Crippen LogP) is 0.129. The third kappa shape index (κ3) is 1.82. The highest BCUT2D eigenvalue weighted by Gasteiger charge is 2.52. The number of alkyl halides is 3. The minimum Gasteiger partial charge on any atom is -0.479 e. The molecule has 0 saturated carbocycles. The Morgan fingerprint density at radius 1 is 1.27 bits per heavy atom. The van der Waals surface area contributed by atoms with Crippen molar-refractivity contribution in [1.29, 1.82) is 0 Å². The highest BCUT2D eigenvalue weighted by molar-refractivity contribution is 5.85. The topological polar surface area (TPSA) is 74.6 Å². The Morgan fingerprint density at radius 2 is 1.64 bits per heavy atom. The van der Waals surface area contributed by atoms with E-state index in [-0.39, 0.29) is 0 Å². The molecule has 0 aliphatic rings. The van der Waals surface area contributed by atoms with Gasteiger partial charge in [-0.1, -0.05) is 0 Å². The lowest BCUT2D eigenvalue weighted by Crippen LogP contribution is -2.43. The van der Waals surface area contributed by atoms with E-state index >= 15 is 0 Å². The summed E-state index contributed by atoms with van der Waals surface area (Å²) < 4.78 is 35.5. The van der Waals surface area contributed by atoms with Gasteiger partial charge in [0.2, 0.25) is 0 Å². The van der Waals surface area contributed by atoms with Crippen LogP contribution in [0.25, 0.3) is 0 Å². The van der Waals surface area contributed by atoms with Crippen LogP contribution >= 0.6 is 0 Å². The molecule has 0 spiro atoms. The van der Waals surface area contributed by atoms with Gasteiger partial charge in [0, 0.05) is 0 Å². The average Bonchev–Trinajstić information content (AvgIpc) is 1.85. The molecule has 0 fully saturated rings. The van der Waals surface area contributed by atoms with Crippen LogP contribution in [0.15, 0.2) is 0 Å². The Morgan fingerprint density at radius 3 is 1.73 bits per heavy atom. The molecule has 7 heteroatoms. The van der Waals surface area contributed by atoms with Gasteiger partial charge in [0.25, 0.3) is 6.17 Å². The van der Waals surface area contributed by atoms with Gasteiger partial charge in [0.1, 0.15) is 0 Å². The van der Waals surface area contributed by atoms with Crippen molar-refractivity contribution in [3.63, 3.8) is 0 Å². The number of rotatable bonds is 3. The predicted molar refractivity (Wildman–Crippen MR) is 25.1 cm³/mol. The Kier molecular flexibility index (Phi) is 2.45. The van der Waals surface area contributed by atoms with E-state index < -0.39 is 24.0 Å². The Balaban J connectivity index is 4.55. The maximum absolute atomic E-state index is 11.8. The molecule has 0 heterocycles. The van der Waals surface area contributed by atoms with Crippen LogP contribution < -0.4 is 0 Å². The number of hydrogen-bond donors (Lipinski definition) is 2. The maximum atomic E-state index is 11.8. The molecule has 0 aliphatic carbocycles. The van der Waals surface area contributed by atoms with Crippen LogP contribution in [0.2, 0.25) is 0 Å².